The van der Waals surface area contributed by atoms with Gasteiger partial charge < -0.3 is 9.73 Å². The molecule has 0 saturated heterocycles. The highest BCUT2D eigenvalue weighted by molar-refractivity contribution is 6.32. The third-order valence-electron chi connectivity index (χ3n) is 4.68. The van der Waals surface area contributed by atoms with Crippen molar-refractivity contribution in [3.63, 3.8) is 0 Å². The van der Waals surface area contributed by atoms with E-state index in [2.05, 4.69) is 15.5 Å². The Labute approximate surface area is 194 Å². The number of nitrogens with one attached hydrogen (secondary N) is 1. The van der Waals surface area contributed by atoms with Crippen LogP contribution >= 0.6 is 11.6 Å². The summed E-state index contributed by atoms with van der Waals surface area (Å²) in [7, 11) is 0. The molecule has 0 spiro atoms. The molecule has 3 aromatic heterocycles. The van der Waals surface area contributed by atoms with E-state index in [-0.39, 0.29) is 22.9 Å². The van der Waals surface area contributed by atoms with E-state index in [0.29, 0.717) is 10.4 Å². The maximum atomic E-state index is 13.3. The summed E-state index contributed by atoms with van der Waals surface area (Å²) in [6.07, 6.45) is -5.02. The van der Waals surface area contributed by atoms with E-state index in [9.17, 15) is 27.6 Å². The van der Waals surface area contributed by atoms with Crippen molar-refractivity contribution < 1.29 is 26.8 Å². The number of nitriles is 1. The Bertz CT molecular complexity index is 1370. The van der Waals surface area contributed by atoms with Crippen LogP contribution in [0.3, 0.4) is 0 Å². The van der Waals surface area contributed by atoms with Crippen LogP contribution in [-0.2, 0) is 6.54 Å². The van der Waals surface area contributed by atoms with Crippen LogP contribution in [0.1, 0.15) is 46.1 Å². The molecule has 0 radical (unpaired) electrons. The number of hydrogen-bond donors (Lipinski definition) is 1. The number of aromatic nitrogens is 4. The Morgan fingerprint density at radius 2 is 1.88 bits per heavy atom. The molecule has 0 unspecified atom stereocenters. The minimum absolute atomic E-state index is 0.0101. The van der Waals surface area contributed by atoms with Gasteiger partial charge in [0.1, 0.15) is 28.8 Å². The van der Waals surface area contributed by atoms with Gasteiger partial charge in [0.2, 0.25) is 0 Å². The van der Waals surface area contributed by atoms with Crippen LogP contribution in [0.2, 0.25) is 5.02 Å². The molecule has 13 heteroatoms. The van der Waals surface area contributed by atoms with Crippen LogP contribution in [0.15, 0.2) is 53.1 Å². The maximum absolute atomic E-state index is 13.3. The highest BCUT2D eigenvalue weighted by atomic mass is 35.5. The Kier molecular flexibility index (Phi) is 6.38. The summed E-state index contributed by atoms with van der Waals surface area (Å²) in [6, 6.07) is 13.2. The molecular formula is C21H13ClF4N6O2. The van der Waals surface area contributed by atoms with Crippen LogP contribution in [-0.4, -0.2) is 25.5 Å². The molecule has 1 aromatic carbocycles. The van der Waals surface area contributed by atoms with Crippen molar-refractivity contribution in [3.05, 3.63) is 82.2 Å². The molecule has 0 aliphatic rings. The van der Waals surface area contributed by atoms with Gasteiger partial charge in [-0.1, -0.05) is 29.8 Å². The van der Waals surface area contributed by atoms with Crippen LogP contribution < -0.4 is 5.32 Å². The molecular weight excluding hydrogens is 480 g/mol. The fourth-order valence-corrected chi connectivity index (χ4v) is 3.46. The first-order valence-corrected chi connectivity index (χ1v) is 9.94. The molecule has 0 saturated carbocycles. The average Bonchev–Trinajstić information content (AvgIpc) is 3.52. The standard InChI is InChI=1S/C21H13ClF4N6O2/c22-15-16(18(23)24)30-31(17(15)19(25)26)10-13-6-7-14(34-13)21(33)29-20-11(8-27)9-28-32(20)12-4-2-1-3-5-12/h1-7,9,18-19H,10H2,(H,29,33). The van der Waals surface area contributed by atoms with Crippen LogP contribution in [0.25, 0.3) is 5.69 Å². The van der Waals surface area contributed by atoms with Crippen molar-refractivity contribution in [1.82, 2.24) is 19.6 Å². The fraction of sp³-hybridized carbons (Fsp3) is 0.143. The first-order chi connectivity index (χ1) is 16.3. The van der Waals surface area contributed by atoms with Crippen LogP contribution in [0.5, 0.6) is 0 Å². The number of anilines is 1. The van der Waals surface area contributed by atoms with Crippen molar-refractivity contribution in [2.75, 3.05) is 5.32 Å². The molecule has 0 fully saturated rings. The van der Waals surface area contributed by atoms with Crippen molar-refractivity contribution in [2.45, 2.75) is 19.4 Å². The van der Waals surface area contributed by atoms with Gasteiger partial charge in [-0.15, -0.1) is 0 Å². The molecule has 0 aliphatic heterocycles. The van der Waals surface area contributed by atoms with Gasteiger partial charge in [0, 0.05) is 0 Å². The highest BCUT2D eigenvalue weighted by Crippen LogP contribution is 2.35. The van der Waals surface area contributed by atoms with E-state index >= 15 is 0 Å². The summed E-state index contributed by atoms with van der Waals surface area (Å²) >= 11 is 5.64. The largest absolute Gasteiger partial charge is 0.454 e. The van der Waals surface area contributed by atoms with Crippen molar-refractivity contribution >= 4 is 23.3 Å². The summed E-state index contributed by atoms with van der Waals surface area (Å²) in [5, 5.41) is 18.6. The normalized spacial score (nSPS) is 11.2. The highest BCUT2D eigenvalue weighted by Gasteiger charge is 2.28. The molecule has 0 atom stereocenters. The number of rotatable bonds is 7. The summed E-state index contributed by atoms with van der Waals surface area (Å²) in [5.41, 5.74) is -1.18. The van der Waals surface area contributed by atoms with E-state index in [1.165, 1.54) is 23.0 Å². The zero-order valence-electron chi connectivity index (χ0n) is 16.9. The molecule has 0 aliphatic carbocycles. The van der Waals surface area contributed by atoms with Gasteiger partial charge in [-0.2, -0.15) is 15.5 Å². The lowest BCUT2D eigenvalue weighted by Gasteiger charge is -2.08. The van der Waals surface area contributed by atoms with Gasteiger partial charge in [-0.25, -0.2) is 22.2 Å². The lowest BCUT2D eigenvalue weighted by atomic mass is 10.3. The quantitative estimate of drug-likeness (QED) is 0.350. The third-order valence-corrected chi connectivity index (χ3v) is 5.07. The fourth-order valence-electron chi connectivity index (χ4n) is 3.16. The Hall–Kier alpha value is -4.11. The first kappa shape index (κ1) is 23.1. The molecule has 4 aromatic rings. The lowest BCUT2D eigenvalue weighted by molar-refractivity contribution is 0.0993. The third kappa shape index (κ3) is 4.38. The predicted octanol–water partition coefficient (Wildman–Crippen LogP) is 5.36. The predicted molar refractivity (Wildman–Crippen MR) is 111 cm³/mol. The van der Waals surface area contributed by atoms with E-state index < -0.39 is 41.7 Å². The second-order valence-corrected chi connectivity index (χ2v) is 7.21. The Morgan fingerprint density at radius 3 is 2.53 bits per heavy atom. The second-order valence-electron chi connectivity index (χ2n) is 6.83. The lowest BCUT2D eigenvalue weighted by Crippen LogP contribution is -2.15. The Morgan fingerprint density at radius 1 is 1.15 bits per heavy atom. The summed E-state index contributed by atoms with van der Waals surface area (Å²) in [5.74, 6) is -0.881. The smallest absolute Gasteiger partial charge is 0.292 e. The summed E-state index contributed by atoms with van der Waals surface area (Å²) < 4.78 is 60.1. The van der Waals surface area contributed by atoms with Crippen molar-refractivity contribution in [3.8, 4) is 11.8 Å². The average molecular weight is 493 g/mol. The van der Waals surface area contributed by atoms with E-state index in [0.717, 1.165) is 0 Å². The number of carbonyl (C=O) groups is 1. The molecule has 4 rings (SSSR count). The molecule has 34 heavy (non-hydrogen) atoms. The zero-order chi connectivity index (χ0) is 24.4. The van der Waals surface area contributed by atoms with Crippen molar-refractivity contribution in [2.24, 2.45) is 0 Å². The molecule has 0 bridgehead atoms. The van der Waals surface area contributed by atoms with Crippen LogP contribution in [0, 0.1) is 11.3 Å². The topological polar surface area (TPSA) is 102 Å². The number of furan rings is 1. The number of carbonyl (C=O) groups excluding carboxylic acids is 1. The molecule has 1 amide bonds. The SMILES string of the molecule is N#Cc1cnn(-c2ccccc2)c1NC(=O)c1ccc(Cn2nc(C(F)F)c(Cl)c2C(F)F)o1. The van der Waals surface area contributed by atoms with Gasteiger partial charge in [0.05, 0.1) is 23.5 Å². The number of halogens is 5. The minimum Gasteiger partial charge on any atom is -0.454 e. The number of hydrogen-bond acceptors (Lipinski definition) is 5. The number of alkyl halides is 4. The zero-order valence-corrected chi connectivity index (χ0v) is 17.7. The number of amides is 1. The summed E-state index contributed by atoms with van der Waals surface area (Å²) in [6.45, 7) is -0.467. The molecule has 3 heterocycles. The first-order valence-electron chi connectivity index (χ1n) is 9.56. The van der Waals surface area contributed by atoms with Gasteiger partial charge in [0.15, 0.2) is 11.6 Å². The summed E-state index contributed by atoms with van der Waals surface area (Å²) in [4.78, 5) is 12.7. The van der Waals surface area contributed by atoms with E-state index in [4.69, 9.17) is 16.0 Å². The van der Waals surface area contributed by atoms with Gasteiger partial charge in [0.25, 0.3) is 18.8 Å². The van der Waals surface area contributed by atoms with E-state index in [1.807, 2.05) is 6.07 Å². The Balaban J connectivity index is 1.58. The maximum Gasteiger partial charge on any atom is 0.292 e. The number of nitrogens with zero attached hydrogens (tertiary/aromatic N) is 5. The van der Waals surface area contributed by atoms with Crippen molar-refractivity contribution in [1.29, 1.82) is 5.26 Å². The second kappa shape index (κ2) is 9.40. The monoisotopic (exact) mass is 492 g/mol. The van der Waals surface area contributed by atoms with Gasteiger partial charge in [-0.3, -0.25) is 9.48 Å². The molecule has 8 nitrogen and oxygen atoms in total. The molecule has 174 valence electrons. The molecule has 1 N–H and O–H groups in total. The van der Waals surface area contributed by atoms with Gasteiger partial charge >= 0.3 is 0 Å². The number of benzene rings is 1. The van der Waals surface area contributed by atoms with Gasteiger partial charge in [-0.05, 0) is 24.3 Å². The minimum atomic E-state index is -3.16. The number of para-hydroxylation sites is 1. The van der Waals surface area contributed by atoms with E-state index in [1.54, 1.807) is 30.3 Å². The van der Waals surface area contributed by atoms with Crippen LogP contribution in [0.4, 0.5) is 23.4 Å².